The number of nitrogens with zero attached hydrogens (tertiary/aromatic N) is 1. The summed E-state index contributed by atoms with van der Waals surface area (Å²) in [6.07, 6.45) is 7.50. The maximum atomic E-state index is 11.9. The lowest BCUT2D eigenvalue weighted by molar-refractivity contribution is -0.0625. The topological polar surface area (TPSA) is 100 Å². The summed E-state index contributed by atoms with van der Waals surface area (Å²) in [5.41, 5.74) is 0.198. The minimum Gasteiger partial charge on any atom is -0.497 e. The Bertz CT molecular complexity index is 1090. The highest BCUT2D eigenvalue weighted by molar-refractivity contribution is 5.67. The van der Waals surface area contributed by atoms with Gasteiger partial charge in [-0.2, -0.15) is 0 Å². The molecule has 2 aromatic rings. The van der Waals surface area contributed by atoms with Crippen molar-refractivity contribution >= 4 is 6.09 Å². The van der Waals surface area contributed by atoms with Crippen molar-refractivity contribution in [3.63, 3.8) is 0 Å². The molecule has 0 spiro atoms. The van der Waals surface area contributed by atoms with Gasteiger partial charge in [0, 0.05) is 32.0 Å². The van der Waals surface area contributed by atoms with Crippen molar-refractivity contribution in [2.24, 2.45) is 11.8 Å². The van der Waals surface area contributed by atoms with Crippen molar-refractivity contribution in [3.05, 3.63) is 59.7 Å². The normalized spacial score (nSPS) is 25.8. The Hall–Kier alpha value is -2.81. The molecule has 2 fully saturated rings. The third-order valence-electron chi connectivity index (χ3n) is 8.74. The first-order valence-corrected chi connectivity index (χ1v) is 15.0. The van der Waals surface area contributed by atoms with Crippen molar-refractivity contribution in [1.82, 2.24) is 10.2 Å². The van der Waals surface area contributed by atoms with Crippen molar-refractivity contribution < 1.29 is 29.2 Å². The molecule has 4 atom stereocenters. The molecular formula is C33H50N2O6. The highest BCUT2D eigenvalue weighted by atomic mass is 16.6. The van der Waals surface area contributed by atoms with Crippen LogP contribution in [0.3, 0.4) is 0 Å². The molecule has 0 heterocycles. The lowest BCUT2D eigenvalue weighted by atomic mass is 9.71. The smallest absolute Gasteiger partial charge is 0.409 e. The van der Waals surface area contributed by atoms with Crippen LogP contribution in [0.4, 0.5) is 4.79 Å². The molecule has 4 rings (SSSR count). The van der Waals surface area contributed by atoms with E-state index in [-0.39, 0.29) is 17.9 Å². The number of amides is 1. The fraction of sp³-hybridized carbons (Fsp3) is 0.606. The monoisotopic (exact) mass is 570 g/mol. The Labute approximate surface area is 246 Å². The van der Waals surface area contributed by atoms with Crippen LogP contribution in [0.2, 0.25) is 0 Å². The van der Waals surface area contributed by atoms with Crippen LogP contribution in [-0.4, -0.2) is 69.2 Å². The third-order valence-corrected chi connectivity index (χ3v) is 8.74. The van der Waals surface area contributed by atoms with Gasteiger partial charge < -0.3 is 34.6 Å². The minimum atomic E-state index is -0.937. The fourth-order valence-corrected chi connectivity index (χ4v) is 6.40. The average molecular weight is 571 g/mol. The number of nitrogens with one attached hydrogen (secondary N) is 1. The molecule has 4 unspecified atom stereocenters. The van der Waals surface area contributed by atoms with E-state index in [0.717, 1.165) is 67.7 Å². The first-order chi connectivity index (χ1) is 19.7. The number of carbonyl (C=O) groups excluding carboxylic acids is 1. The zero-order valence-electron chi connectivity index (χ0n) is 25.5. The number of benzene rings is 2. The van der Waals surface area contributed by atoms with Gasteiger partial charge in [0.2, 0.25) is 0 Å². The molecule has 0 aliphatic heterocycles. The predicted octanol–water partition coefficient (Wildman–Crippen LogP) is 5.45. The second-order valence-electron chi connectivity index (χ2n) is 11.3. The van der Waals surface area contributed by atoms with Crippen LogP contribution in [0.25, 0.3) is 0 Å². The van der Waals surface area contributed by atoms with Crippen molar-refractivity contribution in [2.45, 2.75) is 69.5 Å². The number of hydrogen-bond acceptors (Lipinski definition) is 7. The number of ether oxygens (including phenoxy) is 3. The zero-order chi connectivity index (χ0) is 29.9. The summed E-state index contributed by atoms with van der Waals surface area (Å²) >= 11 is 0. The van der Waals surface area contributed by atoms with Crippen molar-refractivity contribution in [2.75, 3.05) is 48.0 Å². The molecule has 0 bridgehead atoms. The van der Waals surface area contributed by atoms with E-state index in [4.69, 9.17) is 14.2 Å². The van der Waals surface area contributed by atoms with Gasteiger partial charge in [0.05, 0.1) is 32.0 Å². The van der Waals surface area contributed by atoms with Gasteiger partial charge in [-0.05, 0) is 75.0 Å². The van der Waals surface area contributed by atoms with Crippen molar-refractivity contribution in [3.8, 4) is 11.5 Å². The van der Waals surface area contributed by atoms with Gasteiger partial charge in [-0.3, -0.25) is 0 Å². The lowest BCUT2D eigenvalue weighted by Crippen LogP contribution is -2.45. The summed E-state index contributed by atoms with van der Waals surface area (Å²) in [6, 6.07) is 15.4. The van der Waals surface area contributed by atoms with Gasteiger partial charge in [0.15, 0.2) is 0 Å². The maximum absolute atomic E-state index is 11.9. The first-order valence-electron chi connectivity index (χ1n) is 15.0. The van der Waals surface area contributed by atoms with Crippen LogP contribution >= 0.6 is 0 Å². The minimum absolute atomic E-state index is 0.0160. The molecule has 2 aliphatic rings. The Balaban J connectivity index is 0.000000232. The molecule has 0 saturated heterocycles. The van der Waals surface area contributed by atoms with E-state index in [9.17, 15) is 15.0 Å². The van der Waals surface area contributed by atoms with E-state index in [1.165, 1.54) is 6.42 Å². The summed E-state index contributed by atoms with van der Waals surface area (Å²) in [5, 5.41) is 25.6. The molecule has 1 amide bonds. The molecule has 2 saturated carbocycles. The summed E-state index contributed by atoms with van der Waals surface area (Å²) < 4.78 is 15.6. The summed E-state index contributed by atoms with van der Waals surface area (Å²) in [4.78, 5) is 13.4. The molecule has 228 valence electrons. The molecule has 3 N–H and O–H groups in total. The molecule has 0 radical (unpaired) electrons. The second-order valence-corrected chi connectivity index (χ2v) is 11.3. The van der Waals surface area contributed by atoms with Crippen LogP contribution in [0.1, 0.15) is 69.4 Å². The van der Waals surface area contributed by atoms with Crippen LogP contribution in [0.15, 0.2) is 48.5 Å². The Kier molecular flexibility index (Phi) is 12.3. The SMILES string of the molecule is CCOC(=O)N(C)CC1CCCCC1(O)c1cccc(OC)c1.CNCC1CCCCC1(O)c1cccc(OC)c1. The first kappa shape index (κ1) is 32.7. The van der Waals surface area contributed by atoms with E-state index in [0.29, 0.717) is 19.6 Å². The van der Waals surface area contributed by atoms with Gasteiger partial charge in [-0.25, -0.2) is 4.79 Å². The quantitative estimate of drug-likeness (QED) is 0.368. The van der Waals surface area contributed by atoms with Gasteiger partial charge in [-0.15, -0.1) is 0 Å². The van der Waals surface area contributed by atoms with Crippen molar-refractivity contribution in [1.29, 1.82) is 0 Å². The molecule has 2 aliphatic carbocycles. The van der Waals surface area contributed by atoms with E-state index in [2.05, 4.69) is 5.32 Å². The van der Waals surface area contributed by atoms with Gasteiger partial charge >= 0.3 is 6.09 Å². The van der Waals surface area contributed by atoms with Crippen LogP contribution in [0.5, 0.6) is 11.5 Å². The largest absolute Gasteiger partial charge is 0.497 e. The Morgan fingerprint density at radius 1 is 0.902 bits per heavy atom. The molecule has 8 heteroatoms. The molecule has 2 aromatic carbocycles. The van der Waals surface area contributed by atoms with Crippen LogP contribution < -0.4 is 14.8 Å². The maximum Gasteiger partial charge on any atom is 0.409 e. The average Bonchev–Trinajstić information content (AvgIpc) is 3.00. The summed E-state index contributed by atoms with van der Waals surface area (Å²) in [5.74, 6) is 1.81. The van der Waals surface area contributed by atoms with Gasteiger partial charge in [0.25, 0.3) is 0 Å². The Morgan fingerprint density at radius 3 is 1.90 bits per heavy atom. The van der Waals surface area contributed by atoms with Gasteiger partial charge in [-0.1, -0.05) is 49.9 Å². The highest BCUT2D eigenvalue weighted by Gasteiger charge is 2.42. The van der Waals surface area contributed by atoms with Crippen LogP contribution in [-0.2, 0) is 15.9 Å². The predicted molar refractivity (Wildman–Crippen MR) is 161 cm³/mol. The molecular weight excluding hydrogens is 520 g/mol. The number of hydrogen-bond donors (Lipinski definition) is 3. The number of rotatable bonds is 9. The summed E-state index contributed by atoms with van der Waals surface area (Å²) in [6.45, 7) is 3.48. The zero-order valence-corrected chi connectivity index (χ0v) is 25.5. The standard InChI is InChI=1S/C18H27NO4.C15H23NO2/c1-4-23-17(20)19(2)13-15-8-5-6-11-18(15,21)14-9-7-10-16(12-14)22-3;1-16-11-13-6-3-4-9-15(13,17)12-7-5-8-14(10-12)18-2/h7,9-10,12,15,21H,4-6,8,11,13H2,1-3H3;5,7-8,10,13,16-17H,3-4,6,9,11H2,1-2H3. The van der Waals surface area contributed by atoms with E-state index in [1.54, 1.807) is 33.1 Å². The number of aliphatic hydroxyl groups is 2. The molecule has 41 heavy (non-hydrogen) atoms. The fourth-order valence-electron chi connectivity index (χ4n) is 6.40. The molecule has 0 aromatic heterocycles. The summed E-state index contributed by atoms with van der Waals surface area (Å²) in [7, 11) is 6.95. The third kappa shape index (κ3) is 8.15. The van der Waals surface area contributed by atoms with Crippen LogP contribution in [0, 0.1) is 11.8 Å². The van der Waals surface area contributed by atoms with E-state index < -0.39 is 11.2 Å². The number of carbonyl (C=O) groups is 1. The van der Waals surface area contributed by atoms with E-state index >= 15 is 0 Å². The number of methoxy groups -OCH3 is 2. The second kappa shape index (κ2) is 15.4. The lowest BCUT2D eigenvalue weighted by Gasteiger charge is -2.42. The molecule has 8 nitrogen and oxygen atoms in total. The Morgan fingerprint density at radius 2 is 1.41 bits per heavy atom. The van der Waals surface area contributed by atoms with E-state index in [1.807, 2.05) is 55.6 Å². The highest BCUT2D eigenvalue weighted by Crippen LogP contribution is 2.43. The van der Waals surface area contributed by atoms with Gasteiger partial charge in [0.1, 0.15) is 11.5 Å².